The van der Waals surface area contributed by atoms with Crippen molar-refractivity contribution >= 4 is 11.8 Å². The second-order valence-electron chi connectivity index (χ2n) is 7.83. The predicted molar refractivity (Wildman–Crippen MR) is 114 cm³/mol. The average molecular weight is 408 g/mol. The van der Waals surface area contributed by atoms with Crippen molar-refractivity contribution in [2.75, 3.05) is 26.3 Å². The molecule has 2 aromatic carbocycles. The number of hydrogen-bond donors (Lipinski definition) is 2. The lowest BCUT2D eigenvalue weighted by molar-refractivity contribution is -0.139. The standard InChI is InChI=1S/C24H28N2O4/c27-23(25-13-9-17-11-15-29-21-7-3-1-5-19(17)21)24(28)26-14-10-18-12-16-30-22-8-4-2-6-20(18)22/h1-8,17-18H,9-16H2,(H,25,27)(H,26,28). The quantitative estimate of drug-likeness (QED) is 0.720. The Hall–Kier alpha value is -3.02. The van der Waals surface area contributed by atoms with E-state index in [4.69, 9.17) is 9.47 Å². The predicted octanol–water partition coefficient (Wildman–Crippen LogP) is 3.13. The van der Waals surface area contributed by atoms with E-state index in [-0.39, 0.29) is 0 Å². The first-order valence-electron chi connectivity index (χ1n) is 10.7. The van der Waals surface area contributed by atoms with Gasteiger partial charge in [0, 0.05) is 13.1 Å². The number of ether oxygens (including phenoxy) is 2. The van der Waals surface area contributed by atoms with Crippen LogP contribution < -0.4 is 20.1 Å². The molecule has 158 valence electrons. The van der Waals surface area contributed by atoms with Crippen LogP contribution in [0.2, 0.25) is 0 Å². The van der Waals surface area contributed by atoms with E-state index in [0.29, 0.717) is 38.1 Å². The first-order chi connectivity index (χ1) is 14.7. The highest BCUT2D eigenvalue weighted by Gasteiger charge is 2.23. The Morgan fingerprint density at radius 3 is 1.63 bits per heavy atom. The van der Waals surface area contributed by atoms with Crippen LogP contribution in [-0.2, 0) is 9.59 Å². The van der Waals surface area contributed by atoms with Crippen LogP contribution in [0.1, 0.15) is 48.6 Å². The molecule has 2 aromatic rings. The van der Waals surface area contributed by atoms with Gasteiger partial charge in [-0.05, 0) is 60.8 Å². The summed E-state index contributed by atoms with van der Waals surface area (Å²) in [5, 5.41) is 5.51. The van der Waals surface area contributed by atoms with Crippen molar-refractivity contribution < 1.29 is 19.1 Å². The molecule has 2 unspecified atom stereocenters. The van der Waals surface area contributed by atoms with Crippen LogP contribution in [-0.4, -0.2) is 38.1 Å². The number of para-hydroxylation sites is 2. The van der Waals surface area contributed by atoms with Gasteiger partial charge < -0.3 is 20.1 Å². The molecule has 0 spiro atoms. The zero-order chi connectivity index (χ0) is 20.8. The minimum Gasteiger partial charge on any atom is -0.493 e. The van der Waals surface area contributed by atoms with Gasteiger partial charge in [0.15, 0.2) is 0 Å². The van der Waals surface area contributed by atoms with Gasteiger partial charge in [0.2, 0.25) is 0 Å². The Labute approximate surface area is 177 Å². The maximum Gasteiger partial charge on any atom is 0.309 e. The third-order valence-electron chi connectivity index (χ3n) is 5.93. The fourth-order valence-electron chi connectivity index (χ4n) is 4.31. The molecule has 4 rings (SSSR count). The maximum absolute atomic E-state index is 12.1. The van der Waals surface area contributed by atoms with E-state index >= 15 is 0 Å². The molecule has 6 heteroatoms. The number of fused-ring (bicyclic) bond motifs is 2. The summed E-state index contributed by atoms with van der Waals surface area (Å²) >= 11 is 0. The van der Waals surface area contributed by atoms with E-state index < -0.39 is 11.8 Å². The number of amides is 2. The summed E-state index contributed by atoms with van der Waals surface area (Å²) in [4.78, 5) is 24.3. The van der Waals surface area contributed by atoms with E-state index in [9.17, 15) is 9.59 Å². The van der Waals surface area contributed by atoms with Crippen LogP contribution in [0.25, 0.3) is 0 Å². The highest BCUT2D eigenvalue weighted by atomic mass is 16.5. The molecule has 0 aliphatic carbocycles. The van der Waals surface area contributed by atoms with Crippen LogP contribution in [0.3, 0.4) is 0 Å². The summed E-state index contributed by atoms with van der Waals surface area (Å²) in [6, 6.07) is 16.0. The van der Waals surface area contributed by atoms with Crippen LogP contribution in [0.5, 0.6) is 11.5 Å². The van der Waals surface area contributed by atoms with Crippen LogP contribution in [0.4, 0.5) is 0 Å². The second-order valence-corrected chi connectivity index (χ2v) is 7.83. The van der Waals surface area contributed by atoms with E-state index in [1.807, 2.05) is 36.4 Å². The van der Waals surface area contributed by atoms with Crippen LogP contribution in [0.15, 0.2) is 48.5 Å². The summed E-state index contributed by atoms with van der Waals surface area (Å²) in [6.07, 6.45) is 3.42. The van der Waals surface area contributed by atoms with Gasteiger partial charge in [-0.2, -0.15) is 0 Å². The van der Waals surface area contributed by atoms with Crippen molar-refractivity contribution in [2.45, 2.75) is 37.5 Å². The molecule has 0 saturated carbocycles. The topological polar surface area (TPSA) is 76.7 Å². The van der Waals surface area contributed by atoms with Gasteiger partial charge in [-0.3, -0.25) is 9.59 Å². The fraction of sp³-hybridized carbons (Fsp3) is 0.417. The van der Waals surface area contributed by atoms with Gasteiger partial charge in [0.1, 0.15) is 11.5 Å². The third-order valence-corrected chi connectivity index (χ3v) is 5.93. The van der Waals surface area contributed by atoms with Gasteiger partial charge in [-0.15, -0.1) is 0 Å². The molecule has 0 aromatic heterocycles. The molecule has 0 fully saturated rings. The summed E-state index contributed by atoms with van der Waals surface area (Å²) in [5.74, 6) is 1.39. The summed E-state index contributed by atoms with van der Waals surface area (Å²) in [6.45, 7) is 2.31. The molecule has 2 atom stereocenters. The lowest BCUT2D eigenvalue weighted by Gasteiger charge is -2.26. The molecule has 30 heavy (non-hydrogen) atoms. The van der Waals surface area contributed by atoms with E-state index in [1.165, 1.54) is 11.1 Å². The number of carbonyl (C=O) groups is 2. The SMILES string of the molecule is O=C(NCCC1CCOc2ccccc21)C(=O)NCCC1CCOc2ccccc21. The molecule has 0 bridgehead atoms. The Morgan fingerprint density at radius 2 is 1.17 bits per heavy atom. The van der Waals surface area contributed by atoms with Crippen LogP contribution >= 0.6 is 0 Å². The molecule has 2 heterocycles. The highest BCUT2D eigenvalue weighted by Crippen LogP contribution is 2.36. The van der Waals surface area contributed by atoms with Crippen molar-refractivity contribution in [3.8, 4) is 11.5 Å². The molecule has 2 aliphatic rings. The Bertz CT molecular complexity index is 825. The Kier molecular flexibility index (Phi) is 6.52. The Balaban J connectivity index is 1.19. The zero-order valence-electron chi connectivity index (χ0n) is 17.1. The monoisotopic (exact) mass is 408 g/mol. The first-order valence-corrected chi connectivity index (χ1v) is 10.7. The normalized spacial score (nSPS) is 19.5. The average Bonchev–Trinajstić information content (AvgIpc) is 2.79. The number of rotatable bonds is 6. The van der Waals surface area contributed by atoms with Gasteiger partial charge in [0.05, 0.1) is 13.2 Å². The zero-order valence-corrected chi connectivity index (χ0v) is 17.1. The van der Waals surface area contributed by atoms with Crippen molar-refractivity contribution in [3.05, 3.63) is 59.7 Å². The lowest BCUT2D eigenvalue weighted by Crippen LogP contribution is -2.41. The van der Waals surface area contributed by atoms with Crippen LogP contribution in [0, 0.1) is 0 Å². The molecule has 2 N–H and O–H groups in total. The highest BCUT2D eigenvalue weighted by molar-refractivity contribution is 6.35. The van der Waals surface area contributed by atoms with Gasteiger partial charge in [-0.25, -0.2) is 0 Å². The van der Waals surface area contributed by atoms with E-state index in [2.05, 4.69) is 22.8 Å². The molecular formula is C24H28N2O4. The van der Waals surface area contributed by atoms with Crippen molar-refractivity contribution in [3.63, 3.8) is 0 Å². The number of hydrogen-bond acceptors (Lipinski definition) is 4. The maximum atomic E-state index is 12.1. The Morgan fingerprint density at radius 1 is 0.733 bits per heavy atom. The molecule has 0 radical (unpaired) electrons. The molecule has 6 nitrogen and oxygen atoms in total. The van der Waals surface area contributed by atoms with E-state index in [1.54, 1.807) is 0 Å². The van der Waals surface area contributed by atoms with Gasteiger partial charge in [0.25, 0.3) is 0 Å². The largest absolute Gasteiger partial charge is 0.493 e. The minimum atomic E-state index is -0.567. The van der Waals surface area contributed by atoms with Gasteiger partial charge in [-0.1, -0.05) is 36.4 Å². The third kappa shape index (κ3) is 4.75. The molecular weight excluding hydrogens is 380 g/mol. The van der Waals surface area contributed by atoms with E-state index in [0.717, 1.165) is 37.2 Å². The lowest BCUT2D eigenvalue weighted by atomic mass is 9.90. The number of nitrogens with one attached hydrogen (secondary N) is 2. The van der Waals surface area contributed by atoms with Gasteiger partial charge >= 0.3 is 11.8 Å². The van der Waals surface area contributed by atoms with Crippen molar-refractivity contribution in [1.82, 2.24) is 10.6 Å². The minimum absolute atomic E-state index is 0.340. The second kappa shape index (κ2) is 9.65. The first kappa shape index (κ1) is 20.3. The number of carbonyl (C=O) groups excluding carboxylic acids is 2. The summed E-state index contributed by atoms with van der Waals surface area (Å²) in [5.41, 5.74) is 2.36. The molecule has 0 saturated heterocycles. The van der Waals surface area contributed by atoms with Crippen molar-refractivity contribution in [2.24, 2.45) is 0 Å². The fourth-order valence-corrected chi connectivity index (χ4v) is 4.31. The number of benzene rings is 2. The summed E-state index contributed by atoms with van der Waals surface area (Å²) in [7, 11) is 0. The summed E-state index contributed by atoms with van der Waals surface area (Å²) < 4.78 is 11.4. The smallest absolute Gasteiger partial charge is 0.309 e. The van der Waals surface area contributed by atoms with Crippen molar-refractivity contribution in [1.29, 1.82) is 0 Å². The molecule has 2 amide bonds. The molecule has 2 aliphatic heterocycles.